The number of fused-ring (bicyclic) bond motifs is 7. The van der Waals surface area contributed by atoms with Gasteiger partial charge in [-0.3, -0.25) is 0 Å². The van der Waals surface area contributed by atoms with Crippen LogP contribution in [0, 0.1) is 0 Å². The van der Waals surface area contributed by atoms with Gasteiger partial charge in [0.05, 0.1) is 5.69 Å². The van der Waals surface area contributed by atoms with Crippen LogP contribution in [-0.4, -0.2) is 0 Å². The Morgan fingerprint density at radius 2 is 0.946 bits per heavy atom. The molecule has 1 aliphatic carbocycles. The molecule has 0 saturated heterocycles. The number of furan rings is 1. The number of anilines is 3. The fraction of sp³-hybridized carbons (Fsp3) is 0.0370. The maximum absolute atomic E-state index is 6.86. The Morgan fingerprint density at radius 3 is 1.68 bits per heavy atom. The molecule has 1 aliphatic rings. The van der Waals surface area contributed by atoms with Crippen molar-refractivity contribution in [1.82, 2.24) is 0 Å². The first kappa shape index (κ1) is 32.3. The molecule has 2 heteroatoms. The van der Waals surface area contributed by atoms with E-state index in [1.807, 2.05) is 0 Å². The number of hydrogen-bond acceptors (Lipinski definition) is 2. The van der Waals surface area contributed by atoms with Gasteiger partial charge in [-0.15, -0.1) is 0 Å². The van der Waals surface area contributed by atoms with Gasteiger partial charge in [-0.25, -0.2) is 0 Å². The quantitative estimate of drug-likeness (QED) is 0.170. The monoisotopic (exact) mass is 715 g/mol. The molecule has 0 saturated carbocycles. The van der Waals surface area contributed by atoms with Crippen LogP contribution in [0.15, 0.2) is 211 Å². The summed E-state index contributed by atoms with van der Waals surface area (Å²) >= 11 is 0. The van der Waals surface area contributed by atoms with Crippen LogP contribution in [0.3, 0.4) is 0 Å². The van der Waals surface area contributed by atoms with Crippen molar-refractivity contribution in [3.63, 3.8) is 0 Å². The minimum absolute atomic E-state index is 0.431. The summed E-state index contributed by atoms with van der Waals surface area (Å²) in [7, 11) is 0. The molecule has 0 radical (unpaired) electrons. The van der Waals surface area contributed by atoms with E-state index in [-0.39, 0.29) is 0 Å². The van der Waals surface area contributed by atoms with Gasteiger partial charge in [0.2, 0.25) is 0 Å². The van der Waals surface area contributed by atoms with Crippen molar-refractivity contribution in [3.8, 4) is 33.4 Å². The van der Waals surface area contributed by atoms with Crippen LogP contribution in [0.25, 0.3) is 66.1 Å². The highest BCUT2D eigenvalue weighted by atomic mass is 16.3. The standard InChI is InChI=1S/C54H37NO/c1-54(48-22-10-7-19-44(48)45-20-8-11-23-49(45)54)52-43(34-35-47-46-21-9-12-25-51(46)56-53(47)52)39-28-26-36(27-29-39)37-30-32-41(33-31-37)55(40-16-3-2-4-17-40)50-24-13-15-38-14-5-6-18-42(38)50/h2-35H,1H3. The summed E-state index contributed by atoms with van der Waals surface area (Å²) in [4.78, 5) is 2.35. The first-order valence-corrected chi connectivity index (χ1v) is 19.3. The molecule has 56 heavy (non-hydrogen) atoms. The van der Waals surface area contributed by atoms with Crippen molar-refractivity contribution in [2.45, 2.75) is 12.3 Å². The van der Waals surface area contributed by atoms with Crippen LogP contribution in [-0.2, 0) is 5.41 Å². The summed E-state index contributed by atoms with van der Waals surface area (Å²) in [6, 6.07) is 74.5. The topological polar surface area (TPSA) is 16.4 Å². The molecule has 0 spiro atoms. The highest BCUT2D eigenvalue weighted by Crippen LogP contribution is 2.56. The highest BCUT2D eigenvalue weighted by molar-refractivity contribution is 6.09. The molecule has 0 fully saturated rings. The second kappa shape index (κ2) is 12.7. The predicted molar refractivity (Wildman–Crippen MR) is 234 cm³/mol. The molecule has 0 amide bonds. The minimum Gasteiger partial charge on any atom is -0.456 e. The minimum atomic E-state index is -0.431. The lowest BCUT2D eigenvalue weighted by Gasteiger charge is -2.31. The molecule has 0 atom stereocenters. The van der Waals surface area contributed by atoms with Gasteiger partial charge < -0.3 is 9.32 Å². The van der Waals surface area contributed by atoms with Gasteiger partial charge in [-0.2, -0.15) is 0 Å². The fourth-order valence-electron chi connectivity index (χ4n) is 9.30. The zero-order valence-corrected chi connectivity index (χ0v) is 31.0. The third-order valence-corrected chi connectivity index (χ3v) is 11.9. The lowest BCUT2D eigenvalue weighted by molar-refractivity contribution is 0.638. The van der Waals surface area contributed by atoms with E-state index in [0.29, 0.717) is 0 Å². The van der Waals surface area contributed by atoms with Crippen LogP contribution >= 0.6 is 0 Å². The van der Waals surface area contributed by atoms with Gasteiger partial charge in [0, 0.05) is 38.5 Å². The third-order valence-electron chi connectivity index (χ3n) is 11.9. The van der Waals surface area contributed by atoms with Crippen LogP contribution < -0.4 is 4.90 Å². The van der Waals surface area contributed by atoms with Gasteiger partial charge in [0.1, 0.15) is 11.2 Å². The van der Waals surface area contributed by atoms with E-state index in [0.717, 1.165) is 44.6 Å². The second-order valence-electron chi connectivity index (χ2n) is 15.0. The zero-order chi connectivity index (χ0) is 37.2. The Bertz CT molecular complexity index is 3030. The number of hydrogen-bond donors (Lipinski definition) is 0. The SMILES string of the molecule is CC1(c2c(-c3ccc(-c4ccc(N(c5ccccc5)c5cccc6ccccc56)cc4)cc3)ccc3c2oc2ccccc23)c2ccccc2-c2ccccc21. The number of rotatable bonds is 6. The van der Waals surface area contributed by atoms with Crippen molar-refractivity contribution in [3.05, 3.63) is 223 Å². The molecule has 1 aromatic heterocycles. The van der Waals surface area contributed by atoms with Gasteiger partial charge in [-0.1, -0.05) is 164 Å². The summed E-state index contributed by atoms with van der Waals surface area (Å²) in [5.74, 6) is 0. The zero-order valence-electron chi connectivity index (χ0n) is 31.0. The van der Waals surface area contributed by atoms with Gasteiger partial charge in [0.25, 0.3) is 0 Å². The summed E-state index contributed by atoms with van der Waals surface area (Å²) < 4.78 is 6.86. The molecule has 11 rings (SSSR count). The van der Waals surface area contributed by atoms with E-state index in [4.69, 9.17) is 4.42 Å². The Hall–Kier alpha value is -7.16. The van der Waals surface area contributed by atoms with Crippen molar-refractivity contribution < 1.29 is 4.42 Å². The van der Waals surface area contributed by atoms with E-state index in [9.17, 15) is 0 Å². The van der Waals surface area contributed by atoms with E-state index >= 15 is 0 Å². The predicted octanol–water partition coefficient (Wildman–Crippen LogP) is 14.9. The van der Waals surface area contributed by atoms with Crippen molar-refractivity contribution >= 4 is 49.8 Å². The number of benzene rings is 9. The first-order chi connectivity index (χ1) is 27.7. The Morgan fingerprint density at radius 1 is 0.393 bits per heavy atom. The van der Waals surface area contributed by atoms with Crippen molar-refractivity contribution in [1.29, 1.82) is 0 Å². The second-order valence-corrected chi connectivity index (χ2v) is 15.0. The van der Waals surface area contributed by atoms with E-state index in [1.165, 1.54) is 55.3 Å². The molecule has 0 bridgehead atoms. The molecule has 9 aromatic carbocycles. The average Bonchev–Trinajstić information content (AvgIpc) is 3.77. The molecule has 1 heterocycles. The Kier molecular flexibility index (Phi) is 7.33. The molecule has 10 aromatic rings. The summed E-state index contributed by atoms with van der Waals surface area (Å²) in [6.07, 6.45) is 0. The molecule has 0 N–H and O–H groups in total. The molecular formula is C54H37NO. The summed E-state index contributed by atoms with van der Waals surface area (Å²) in [5, 5.41) is 4.73. The molecule has 264 valence electrons. The van der Waals surface area contributed by atoms with Gasteiger partial charge >= 0.3 is 0 Å². The molecule has 2 nitrogen and oxygen atoms in total. The Labute approximate surface area is 326 Å². The summed E-state index contributed by atoms with van der Waals surface area (Å²) in [5.41, 5.74) is 15.9. The van der Waals surface area contributed by atoms with E-state index < -0.39 is 5.41 Å². The molecular weight excluding hydrogens is 679 g/mol. The maximum atomic E-state index is 6.86. The first-order valence-electron chi connectivity index (χ1n) is 19.3. The molecule has 0 aliphatic heterocycles. The third kappa shape index (κ3) is 4.89. The van der Waals surface area contributed by atoms with Gasteiger partial charge in [0.15, 0.2) is 0 Å². The van der Waals surface area contributed by atoms with Crippen molar-refractivity contribution in [2.24, 2.45) is 0 Å². The number of nitrogens with zero attached hydrogens (tertiary/aromatic N) is 1. The smallest absolute Gasteiger partial charge is 0.140 e. The molecule has 0 unspecified atom stereocenters. The summed E-state index contributed by atoms with van der Waals surface area (Å²) in [6.45, 7) is 2.38. The number of para-hydroxylation sites is 2. The lowest BCUT2D eigenvalue weighted by Crippen LogP contribution is -2.23. The van der Waals surface area contributed by atoms with E-state index in [1.54, 1.807) is 0 Å². The normalized spacial score (nSPS) is 12.9. The van der Waals surface area contributed by atoms with Gasteiger partial charge in [-0.05, 0) is 99.3 Å². The van der Waals surface area contributed by atoms with Crippen LogP contribution in [0.2, 0.25) is 0 Å². The maximum Gasteiger partial charge on any atom is 0.140 e. The lowest BCUT2D eigenvalue weighted by atomic mass is 9.71. The van der Waals surface area contributed by atoms with Crippen LogP contribution in [0.4, 0.5) is 17.1 Å². The largest absolute Gasteiger partial charge is 0.456 e. The van der Waals surface area contributed by atoms with Crippen molar-refractivity contribution in [2.75, 3.05) is 4.90 Å². The fourth-order valence-corrected chi connectivity index (χ4v) is 9.30. The Balaban J connectivity index is 1.02. The van der Waals surface area contributed by atoms with E-state index in [2.05, 4.69) is 218 Å². The van der Waals surface area contributed by atoms with Crippen LogP contribution in [0.5, 0.6) is 0 Å². The highest BCUT2D eigenvalue weighted by Gasteiger charge is 2.44. The van der Waals surface area contributed by atoms with Crippen LogP contribution in [0.1, 0.15) is 23.6 Å². The average molecular weight is 716 g/mol.